The summed E-state index contributed by atoms with van der Waals surface area (Å²) in [4.78, 5) is 4.34. The molecule has 0 bridgehead atoms. The molecule has 0 aliphatic rings. The van der Waals surface area contributed by atoms with Crippen molar-refractivity contribution in [2.45, 2.75) is 25.2 Å². The van der Waals surface area contributed by atoms with E-state index in [0.29, 0.717) is 4.90 Å². The summed E-state index contributed by atoms with van der Waals surface area (Å²) in [6, 6.07) is 3.37. The van der Waals surface area contributed by atoms with Gasteiger partial charge < -0.3 is 0 Å². The van der Waals surface area contributed by atoms with Crippen molar-refractivity contribution >= 4 is 9.84 Å². The summed E-state index contributed by atoms with van der Waals surface area (Å²) in [7, 11) is -3.09. The molecule has 3 nitrogen and oxygen atoms in total. The van der Waals surface area contributed by atoms with E-state index in [1.165, 1.54) is 6.20 Å². The van der Waals surface area contributed by atoms with Gasteiger partial charge in [0, 0.05) is 11.9 Å². The number of pyridine rings is 1. The van der Waals surface area contributed by atoms with Crippen LogP contribution in [0.15, 0.2) is 23.2 Å². The van der Waals surface area contributed by atoms with Gasteiger partial charge in [0.05, 0.1) is 10.6 Å². The van der Waals surface area contributed by atoms with E-state index in [1.54, 1.807) is 19.1 Å². The third-order valence-electron chi connectivity index (χ3n) is 1.90. The van der Waals surface area contributed by atoms with Crippen molar-refractivity contribution < 1.29 is 8.42 Å². The molecule has 1 aromatic rings. The van der Waals surface area contributed by atoms with Gasteiger partial charge in [-0.25, -0.2) is 8.42 Å². The summed E-state index contributed by atoms with van der Waals surface area (Å²) in [6.07, 6.45) is 2.25. The van der Waals surface area contributed by atoms with E-state index >= 15 is 0 Å². The Balaban J connectivity index is 3.06. The van der Waals surface area contributed by atoms with Crippen molar-refractivity contribution in [2.75, 3.05) is 5.75 Å². The van der Waals surface area contributed by atoms with E-state index in [0.717, 1.165) is 12.1 Å². The van der Waals surface area contributed by atoms with Crippen LogP contribution in [0.1, 0.15) is 19.5 Å². The minimum absolute atomic E-state index is 0.125. The van der Waals surface area contributed by atoms with E-state index in [4.69, 9.17) is 0 Å². The molecule has 0 fully saturated rings. The third kappa shape index (κ3) is 2.28. The number of sulfone groups is 1. The number of nitrogens with zero attached hydrogens (tertiary/aromatic N) is 1. The van der Waals surface area contributed by atoms with Crippen LogP contribution in [-0.2, 0) is 16.3 Å². The molecule has 0 amide bonds. The van der Waals surface area contributed by atoms with Gasteiger partial charge in [0.25, 0.3) is 0 Å². The Kier molecular flexibility index (Phi) is 3.03. The van der Waals surface area contributed by atoms with E-state index in [1.807, 2.05) is 6.92 Å². The van der Waals surface area contributed by atoms with Gasteiger partial charge in [-0.15, -0.1) is 0 Å². The Morgan fingerprint density at radius 3 is 2.38 bits per heavy atom. The predicted octanol–water partition coefficient (Wildman–Crippen LogP) is 1.44. The summed E-state index contributed by atoms with van der Waals surface area (Å²) in [5.74, 6) is 0.125. The second kappa shape index (κ2) is 3.87. The SMILES string of the molecule is CCc1ccc(S(=O)(=O)CC)cn1. The summed E-state index contributed by atoms with van der Waals surface area (Å²) < 4.78 is 22.7. The lowest BCUT2D eigenvalue weighted by molar-refractivity contribution is 0.596. The van der Waals surface area contributed by atoms with Crippen LogP contribution >= 0.6 is 0 Å². The standard InChI is InChI=1S/C9H13NO2S/c1-3-8-5-6-9(7-10-8)13(11,12)4-2/h5-7H,3-4H2,1-2H3. The number of hydrogen-bond acceptors (Lipinski definition) is 3. The Bertz CT molecular complexity index is 367. The lowest BCUT2D eigenvalue weighted by Crippen LogP contribution is -2.04. The average Bonchev–Trinajstić information content (AvgIpc) is 2.18. The van der Waals surface area contributed by atoms with Crippen molar-refractivity contribution in [1.29, 1.82) is 0 Å². The number of hydrogen-bond donors (Lipinski definition) is 0. The highest BCUT2D eigenvalue weighted by atomic mass is 32.2. The van der Waals surface area contributed by atoms with Crippen LogP contribution in [-0.4, -0.2) is 19.2 Å². The summed E-state index contributed by atoms with van der Waals surface area (Å²) in [5.41, 5.74) is 0.912. The van der Waals surface area contributed by atoms with E-state index < -0.39 is 9.84 Å². The minimum atomic E-state index is -3.09. The molecular weight excluding hydrogens is 186 g/mol. The molecule has 0 aliphatic heterocycles. The fourth-order valence-electron chi connectivity index (χ4n) is 0.971. The van der Waals surface area contributed by atoms with E-state index in [-0.39, 0.29) is 5.75 Å². The normalized spacial score (nSPS) is 11.5. The molecule has 72 valence electrons. The molecule has 0 radical (unpaired) electrons. The van der Waals surface area contributed by atoms with Crippen molar-refractivity contribution in [3.63, 3.8) is 0 Å². The molecule has 0 aromatic carbocycles. The van der Waals surface area contributed by atoms with Crippen LogP contribution in [0.25, 0.3) is 0 Å². The topological polar surface area (TPSA) is 47.0 Å². The summed E-state index contributed by atoms with van der Waals surface area (Å²) in [6.45, 7) is 3.61. The maximum atomic E-state index is 11.4. The second-order valence-electron chi connectivity index (χ2n) is 2.74. The van der Waals surface area contributed by atoms with Gasteiger partial charge in [-0.3, -0.25) is 4.98 Å². The van der Waals surface area contributed by atoms with E-state index in [9.17, 15) is 8.42 Å². The second-order valence-corrected chi connectivity index (χ2v) is 5.02. The monoisotopic (exact) mass is 199 g/mol. The van der Waals surface area contributed by atoms with Gasteiger partial charge >= 0.3 is 0 Å². The molecule has 0 N–H and O–H groups in total. The highest BCUT2D eigenvalue weighted by Gasteiger charge is 2.10. The van der Waals surface area contributed by atoms with Crippen molar-refractivity contribution in [2.24, 2.45) is 0 Å². The Morgan fingerprint density at radius 2 is 2.00 bits per heavy atom. The first-order chi connectivity index (χ1) is 6.10. The molecule has 0 saturated heterocycles. The van der Waals surface area contributed by atoms with Crippen molar-refractivity contribution in [1.82, 2.24) is 4.98 Å². The maximum absolute atomic E-state index is 11.4. The largest absolute Gasteiger partial charge is 0.260 e. The quantitative estimate of drug-likeness (QED) is 0.740. The first-order valence-electron chi connectivity index (χ1n) is 4.28. The molecule has 1 rings (SSSR count). The van der Waals surface area contributed by atoms with Crippen LogP contribution in [0.5, 0.6) is 0 Å². The highest BCUT2D eigenvalue weighted by Crippen LogP contribution is 2.09. The first kappa shape index (κ1) is 10.2. The highest BCUT2D eigenvalue weighted by molar-refractivity contribution is 7.91. The number of aromatic nitrogens is 1. The van der Waals surface area contributed by atoms with Gasteiger partial charge in [0.15, 0.2) is 9.84 Å². The fraction of sp³-hybridized carbons (Fsp3) is 0.444. The average molecular weight is 199 g/mol. The third-order valence-corrected chi connectivity index (χ3v) is 3.62. The van der Waals surface area contributed by atoms with Gasteiger partial charge in [0.1, 0.15) is 0 Å². The van der Waals surface area contributed by atoms with Gasteiger partial charge in [-0.2, -0.15) is 0 Å². The zero-order valence-corrected chi connectivity index (χ0v) is 8.63. The van der Waals surface area contributed by atoms with Gasteiger partial charge in [0.2, 0.25) is 0 Å². The van der Waals surface area contributed by atoms with Crippen LogP contribution in [0.4, 0.5) is 0 Å². The maximum Gasteiger partial charge on any atom is 0.179 e. The van der Waals surface area contributed by atoms with Gasteiger partial charge in [-0.1, -0.05) is 13.8 Å². The van der Waals surface area contributed by atoms with Crippen molar-refractivity contribution in [3.8, 4) is 0 Å². The molecular formula is C9H13NO2S. The molecule has 0 unspecified atom stereocenters. The fourth-order valence-corrected chi connectivity index (χ4v) is 1.79. The van der Waals surface area contributed by atoms with Gasteiger partial charge in [-0.05, 0) is 18.6 Å². The van der Waals surface area contributed by atoms with E-state index in [2.05, 4.69) is 4.98 Å². The Labute approximate surface area is 78.7 Å². The van der Waals surface area contributed by atoms with Crippen LogP contribution < -0.4 is 0 Å². The molecule has 4 heteroatoms. The predicted molar refractivity (Wildman–Crippen MR) is 51.3 cm³/mol. The zero-order chi connectivity index (χ0) is 9.90. The van der Waals surface area contributed by atoms with Crippen LogP contribution in [0.2, 0.25) is 0 Å². The molecule has 1 aromatic heterocycles. The smallest absolute Gasteiger partial charge is 0.179 e. The molecule has 0 saturated carbocycles. The summed E-state index contributed by atoms with van der Waals surface area (Å²) >= 11 is 0. The minimum Gasteiger partial charge on any atom is -0.260 e. The van der Waals surface area contributed by atoms with Crippen LogP contribution in [0, 0.1) is 0 Å². The first-order valence-corrected chi connectivity index (χ1v) is 5.93. The molecule has 0 atom stereocenters. The zero-order valence-electron chi connectivity index (χ0n) is 7.82. The number of aryl methyl sites for hydroxylation is 1. The molecule has 1 heterocycles. The Morgan fingerprint density at radius 1 is 1.31 bits per heavy atom. The number of rotatable bonds is 3. The molecule has 0 aliphatic carbocycles. The van der Waals surface area contributed by atoms with Crippen molar-refractivity contribution in [3.05, 3.63) is 24.0 Å². The summed E-state index contributed by atoms with van der Waals surface area (Å²) in [5, 5.41) is 0. The Hall–Kier alpha value is -0.900. The molecule has 0 spiro atoms. The lowest BCUT2D eigenvalue weighted by Gasteiger charge is -2.00. The van der Waals surface area contributed by atoms with Crippen LogP contribution in [0.3, 0.4) is 0 Å². The lowest BCUT2D eigenvalue weighted by atomic mass is 10.3. The molecule has 13 heavy (non-hydrogen) atoms.